The zero-order chi connectivity index (χ0) is 12.4. The minimum atomic E-state index is 0.623. The first kappa shape index (κ1) is 12.8. The maximum Gasteiger partial charge on any atom is 0.133 e. The van der Waals surface area contributed by atoms with Crippen molar-refractivity contribution >= 4 is 21.7 Å². The molecular formula is C12H19BrN4. The van der Waals surface area contributed by atoms with Crippen LogP contribution in [0.3, 0.4) is 0 Å². The Morgan fingerprint density at radius 1 is 1.41 bits per heavy atom. The molecule has 0 bridgehead atoms. The number of anilines is 1. The molecule has 17 heavy (non-hydrogen) atoms. The fraction of sp³-hybridized carbons (Fsp3) is 0.667. The van der Waals surface area contributed by atoms with Crippen molar-refractivity contribution in [3.63, 3.8) is 0 Å². The van der Waals surface area contributed by atoms with Gasteiger partial charge >= 0.3 is 0 Å². The fourth-order valence-electron chi connectivity index (χ4n) is 2.27. The SMILES string of the molecule is CCC1CN(c2cc(Br)nc(C)n2)CCN1C. The monoisotopic (exact) mass is 298 g/mol. The van der Waals surface area contributed by atoms with E-state index in [0.29, 0.717) is 6.04 Å². The second-order valence-electron chi connectivity index (χ2n) is 4.58. The minimum absolute atomic E-state index is 0.623. The molecule has 0 aliphatic carbocycles. The van der Waals surface area contributed by atoms with Crippen LogP contribution in [0.1, 0.15) is 19.2 Å². The largest absolute Gasteiger partial charge is 0.354 e. The molecule has 1 aliphatic heterocycles. The van der Waals surface area contributed by atoms with Crippen molar-refractivity contribution < 1.29 is 0 Å². The van der Waals surface area contributed by atoms with Gasteiger partial charge in [0, 0.05) is 31.7 Å². The maximum atomic E-state index is 4.52. The zero-order valence-corrected chi connectivity index (χ0v) is 12.2. The van der Waals surface area contributed by atoms with Gasteiger partial charge in [-0.3, -0.25) is 4.90 Å². The van der Waals surface area contributed by atoms with Gasteiger partial charge in [-0.05, 0) is 36.3 Å². The Morgan fingerprint density at radius 3 is 2.82 bits per heavy atom. The second-order valence-corrected chi connectivity index (χ2v) is 5.40. The van der Waals surface area contributed by atoms with Crippen LogP contribution in [0.2, 0.25) is 0 Å². The zero-order valence-electron chi connectivity index (χ0n) is 10.6. The first-order valence-corrected chi connectivity index (χ1v) is 6.86. The van der Waals surface area contributed by atoms with E-state index >= 15 is 0 Å². The van der Waals surface area contributed by atoms with Crippen molar-refractivity contribution in [3.05, 3.63) is 16.5 Å². The lowest BCUT2D eigenvalue weighted by molar-refractivity contribution is 0.213. The van der Waals surface area contributed by atoms with E-state index in [1.165, 1.54) is 6.42 Å². The quantitative estimate of drug-likeness (QED) is 0.783. The summed E-state index contributed by atoms with van der Waals surface area (Å²) < 4.78 is 0.868. The van der Waals surface area contributed by atoms with Crippen molar-refractivity contribution in [2.24, 2.45) is 0 Å². The highest BCUT2D eigenvalue weighted by Gasteiger charge is 2.23. The molecule has 0 saturated carbocycles. The van der Waals surface area contributed by atoms with Gasteiger partial charge in [-0.25, -0.2) is 9.97 Å². The average molecular weight is 299 g/mol. The van der Waals surface area contributed by atoms with E-state index in [1.807, 2.05) is 13.0 Å². The number of aromatic nitrogens is 2. The molecule has 1 atom stereocenters. The van der Waals surface area contributed by atoms with Crippen LogP contribution in [0.4, 0.5) is 5.82 Å². The molecule has 5 heteroatoms. The summed E-state index contributed by atoms with van der Waals surface area (Å²) in [5.41, 5.74) is 0. The van der Waals surface area contributed by atoms with Crippen molar-refractivity contribution in [2.75, 3.05) is 31.6 Å². The van der Waals surface area contributed by atoms with Crippen molar-refractivity contribution in [1.82, 2.24) is 14.9 Å². The van der Waals surface area contributed by atoms with Crippen LogP contribution < -0.4 is 4.90 Å². The van der Waals surface area contributed by atoms with Gasteiger partial charge in [-0.1, -0.05) is 6.92 Å². The minimum Gasteiger partial charge on any atom is -0.354 e. The molecule has 1 aromatic heterocycles. The standard InChI is InChI=1S/C12H19BrN4/c1-4-10-8-17(6-5-16(10)3)12-7-11(13)14-9(2)15-12/h7,10H,4-6,8H2,1-3H3. The van der Waals surface area contributed by atoms with E-state index in [2.05, 4.69) is 49.7 Å². The Kier molecular flexibility index (Phi) is 3.99. The lowest BCUT2D eigenvalue weighted by atomic mass is 10.1. The Labute approximate surface area is 111 Å². The topological polar surface area (TPSA) is 32.3 Å². The highest BCUT2D eigenvalue weighted by atomic mass is 79.9. The number of hydrogen-bond acceptors (Lipinski definition) is 4. The number of hydrogen-bond donors (Lipinski definition) is 0. The molecule has 1 aromatic rings. The third-order valence-corrected chi connectivity index (χ3v) is 3.77. The molecule has 0 spiro atoms. The van der Waals surface area contributed by atoms with Crippen LogP contribution >= 0.6 is 15.9 Å². The van der Waals surface area contributed by atoms with Gasteiger partial charge in [0.25, 0.3) is 0 Å². The van der Waals surface area contributed by atoms with Gasteiger partial charge in [0.2, 0.25) is 0 Å². The Balaban J connectivity index is 2.17. The van der Waals surface area contributed by atoms with E-state index < -0.39 is 0 Å². The molecule has 1 saturated heterocycles. The predicted molar refractivity (Wildman–Crippen MR) is 73.4 cm³/mol. The Hall–Kier alpha value is -0.680. The van der Waals surface area contributed by atoms with Gasteiger partial charge < -0.3 is 4.90 Å². The van der Waals surface area contributed by atoms with Crippen molar-refractivity contribution in [1.29, 1.82) is 0 Å². The summed E-state index contributed by atoms with van der Waals surface area (Å²) in [7, 11) is 2.20. The Morgan fingerprint density at radius 2 is 2.18 bits per heavy atom. The molecule has 0 aromatic carbocycles. The summed E-state index contributed by atoms with van der Waals surface area (Å²) in [6, 6.07) is 2.63. The third kappa shape index (κ3) is 2.96. The third-order valence-electron chi connectivity index (χ3n) is 3.37. The lowest BCUT2D eigenvalue weighted by Gasteiger charge is -2.39. The number of nitrogens with zero attached hydrogens (tertiary/aromatic N) is 4. The van der Waals surface area contributed by atoms with Crippen LogP contribution in [0.5, 0.6) is 0 Å². The molecular weight excluding hydrogens is 280 g/mol. The molecule has 94 valence electrons. The van der Waals surface area contributed by atoms with Gasteiger partial charge in [0.1, 0.15) is 16.2 Å². The molecule has 1 aliphatic rings. The predicted octanol–water partition coefficient (Wildman–Crippen LogP) is 2.08. The van der Waals surface area contributed by atoms with Gasteiger partial charge in [-0.15, -0.1) is 0 Å². The summed E-state index contributed by atoms with van der Waals surface area (Å²) in [6.07, 6.45) is 1.18. The van der Waals surface area contributed by atoms with E-state index in [0.717, 1.165) is 35.9 Å². The van der Waals surface area contributed by atoms with E-state index in [1.54, 1.807) is 0 Å². The van der Waals surface area contributed by atoms with E-state index in [9.17, 15) is 0 Å². The normalized spacial score (nSPS) is 21.9. The number of likely N-dealkylation sites (N-methyl/N-ethyl adjacent to an activating group) is 1. The molecule has 0 amide bonds. The number of piperazine rings is 1. The van der Waals surface area contributed by atoms with Crippen LogP contribution in [0.15, 0.2) is 10.7 Å². The lowest BCUT2D eigenvalue weighted by Crippen LogP contribution is -2.51. The number of aryl methyl sites for hydroxylation is 1. The smallest absolute Gasteiger partial charge is 0.133 e. The van der Waals surface area contributed by atoms with Crippen molar-refractivity contribution in [3.8, 4) is 0 Å². The molecule has 2 heterocycles. The highest BCUT2D eigenvalue weighted by Crippen LogP contribution is 2.20. The number of rotatable bonds is 2. The molecule has 2 rings (SSSR count). The fourth-order valence-corrected chi connectivity index (χ4v) is 2.73. The van der Waals surface area contributed by atoms with Crippen LogP contribution in [0.25, 0.3) is 0 Å². The summed E-state index contributed by atoms with van der Waals surface area (Å²) in [4.78, 5) is 13.6. The van der Waals surface area contributed by atoms with Gasteiger partial charge in [-0.2, -0.15) is 0 Å². The summed E-state index contributed by atoms with van der Waals surface area (Å²) in [6.45, 7) is 7.36. The highest BCUT2D eigenvalue weighted by molar-refractivity contribution is 9.10. The molecule has 1 unspecified atom stereocenters. The van der Waals surface area contributed by atoms with E-state index in [-0.39, 0.29) is 0 Å². The molecule has 4 nitrogen and oxygen atoms in total. The van der Waals surface area contributed by atoms with Crippen LogP contribution in [-0.2, 0) is 0 Å². The summed E-state index contributed by atoms with van der Waals surface area (Å²) in [5.74, 6) is 1.86. The number of halogens is 1. The van der Waals surface area contributed by atoms with Crippen LogP contribution in [0, 0.1) is 6.92 Å². The maximum absolute atomic E-state index is 4.52. The summed E-state index contributed by atoms with van der Waals surface area (Å²) in [5, 5.41) is 0. The molecule has 1 fully saturated rings. The van der Waals surface area contributed by atoms with Crippen LogP contribution in [-0.4, -0.2) is 47.6 Å². The first-order valence-electron chi connectivity index (χ1n) is 6.06. The average Bonchev–Trinajstić information content (AvgIpc) is 2.28. The molecule has 0 radical (unpaired) electrons. The Bertz CT molecular complexity index is 376. The van der Waals surface area contributed by atoms with Gasteiger partial charge in [0.05, 0.1) is 0 Å². The van der Waals surface area contributed by atoms with E-state index in [4.69, 9.17) is 0 Å². The summed E-state index contributed by atoms with van der Waals surface area (Å²) >= 11 is 3.44. The van der Waals surface area contributed by atoms with Crippen molar-refractivity contribution in [2.45, 2.75) is 26.3 Å². The first-order chi connectivity index (χ1) is 8.10. The molecule has 0 N–H and O–H groups in total. The van der Waals surface area contributed by atoms with Gasteiger partial charge in [0.15, 0.2) is 0 Å². The second kappa shape index (κ2) is 5.31.